The van der Waals surface area contributed by atoms with E-state index in [2.05, 4.69) is 0 Å². The number of rotatable bonds is 2. The van der Waals surface area contributed by atoms with Crippen molar-refractivity contribution in [2.75, 3.05) is 13.2 Å². The van der Waals surface area contributed by atoms with Crippen LogP contribution in [0.2, 0.25) is 0 Å². The van der Waals surface area contributed by atoms with Crippen molar-refractivity contribution in [3.05, 3.63) is 0 Å². The van der Waals surface area contributed by atoms with Crippen LogP contribution in [-0.2, 0) is 28.5 Å². The second kappa shape index (κ2) is 9.19. The lowest BCUT2D eigenvalue weighted by Crippen LogP contribution is -2.47. The summed E-state index contributed by atoms with van der Waals surface area (Å²) in [5.41, 5.74) is 0. The summed E-state index contributed by atoms with van der Waals surface area (Å²) in [6.45, 7) is 7.76. The Morgan fingerprint density at radius 2 is 1.73 bits per heavy atom. The number of ether oxygens (including phenoxy) is 4. The summed E-state index contributed by atoms with van der Waals surface area (Å²) in [5, 5.41) is 8.67. The van der Waals surface area contributed by atoms with E-state index in [0.717, 1.165) is 12.8 Å². The van der Waals surface area contributed by atoms with E-state index in [-0.39, 0.29) is 25.4 Å². The standard InChI is InChI=1S/C7H12O4.C7H12O3.CH4/c1-5-3-4-10-7(2,11-5)6(8)9;1-5-3-4-9-7(10-5)6(2)8;/h5H,3-4H2,1-2H3,(H,8,9);5,7H,3-4H2,1-2H3;1H4. The van der Waals surface area contributed by atoms with Gasteiger partial charge in [-0.2, -0.15) is 0 Å². The van der Waals surface area contributed by atoms with Gasteiger partial charge in [-0.15, -0.1) is 0 Å². The second-order valence-electron chi connectivity index (χ2n) is 5.37. The highest BCUT2D eigenvalue weighted by atomic mass is 16.7. The van der Waals surface area contributed by atoms with E-state index in [1.807, 2.05) is 13.8 Å². The molecule has 2 rings (SSSR count). The predicted octanol–water partition coefficient (Wildman–Crippen LogP) is 1.98. The van der Waals surface area contributed by atoms with Gasteiger partial charge in [0.1, 0.15) is 0 Å². The zero-order chi connectivity index (χ0) is 16.0. The molecular formula is C15H28O7. The second-order valence-corrected chi connectivity index (χ2v) is 5.37. The van der Waals surface area contributed by atoms with Gasteiger partial charge in [-0.1, -0.05) is 7.43 Å². The van der Waals surface area contributed by atoms with Gasteiger partial charge in [-0.05, 0) is 33.6 Å². The Bertz CT molecular complexity index is 371. The number of hydrogen-bond acceptors (Lipinski definition) is 6. The summed E-state index contributed by atoms with van der Waals surface area (Å²) in [6.07, 6.45) is 1.14. The van der Waals surface area contributed by atoms with Crippen molar-refractivity contribution in [1.29, 1.82) is 0 Å². The molecule has 0 radical (unpaired) electrons. The van der Waals surface area contributed by atoms with Crippen molar-refractivity contribution in [1.82, 2.24) is 0 Å². The predicted molar refractivity (Wildman–Crippen MR) is 79.5 cm³/mol. The molecule has 0 aromatic carbocycles. The molecule has 2 saturated heterocycles. The molecule has 4 atom stereocenters. The minimum absolute atomic E-state index is 0. The summed E-state index contributed by atoms with van der Waals surface area (Å²) in [7, 11) is 0. The van der Waals surface area contributed by atoms with E-state index in [4.69, 9.17) is 24.1 Å². The molecule has 4 unspecified atom stereocenters. The number of carbonyl (C=O) groups excluding carboxylic acids is 1. The van der Waals surface area contributed by atoms with Gasteiger partial charge in [-0.3, -0.25) is 4.79 Å². The van der Waals surface area contributed by atoms with Crippen LogP contribution in [0.4, 0.5) is 0 Å². The molecule has 0 aliphatic carbocycles. The van der Waals surface area contributed by atoms with Gasteiger partial charge in [0.15, 0.2) is 5.78 Å². The summed E-state index contributed by atoms with van der Waals surface area (Å²) in [6, 6.07) is 0. The Balaban J connectivity index is 0.000000385. The fourth-order valence-corrected chi connectivity index (χ4v) is 1.88. The lowest BCUT2D eigenvalue weighted by atomic mass is 10.2. The van der Waals surface area contributed by atoms with Crippen molar-refractivity contribution in [3.8, 4) is 0 Å². The first kappa shape index (κ1) is 21.0. The minimum atomic E-state index is -1.43. The Hall–Kier alpha value is -1.02. The third kappa shape index (κ3) is 6.39. The van der Waals surface area contributed by atoms with Gasteiger partial charge in [-0.25, -0.2) is 4.79 Å². The van der Waals surface area contributed by atoms with Crippen LogP contribution in [0.25, 0.3) is 0 Å². The van der Waals surface area contributed by atoms with Crippen molar-refractivity contribution in [2.24, 2.45) is 0 Å². The number of hydrogen-bond donors (Lipinski definition) is 1. The first-order chi connectivity index (χ1) is 9.74. The normalized spacial score (nSPS) is 34.6. The van der Waals surface area contributed by atoms with Crippen molar-refractivity contribution in [2.45, 2.75) is 72.2 Å². The molecule has 0 aromatic rings. The van der Waals surface area contributed by atoms with E-state index in [9.17, 15) is 9.59 Å². The van der Waals surface area contributed by atoms with Gasteiger partial charge < -0.3 is 24.1 Å². The molecule has 2 aliphatic heterocycles. The van der Waals surface area contributed by atoms with E-state index in [0.29, 0.717) is 13.2 Å². The third-order valence-electron chi connectivity index (χ3n) is 3.20. The monoisotopic (exact) mass is 320 g/mol. The highest BCUT2D eigenvalue weighted by molar-refractivity contribution is 5.79. The summed E-state index contributed by atoms with van der Waals surface area (Å²) in [5.74, 6) is -2.55. The number of aliphatic carboxylic acids is 1. The molecule has 0 amide bonds. The lowest BCUT2D eigenvalue weighted by Gasteiger charge is -2.33. The molecule has 7 nitrogen and oxygen atoms in total. The van der Waals surface area contributed by atoms with E-state index >= 15 is 0 Å². The van der Waals surface area contributed by atoms with Crippen LogP contribution >= 0.6 is 0 Å². The van der Waals surface area contributed by atoms with Crippen molar-refractivity contribution >= 4 is 11.8 Å². The molecule has 2 aliphatic rings. The third-order valence-corrected chi connectivity index (χ3v) is 3.20. The van der Waals surface area contributed by atoms with Crippen molar-refractivity contribution < 1.29 is 33.6 Å². The van der Waals surface area contributed by atoms with Gasteiger partial charge in [0.05, 0.1) is 25.4 Å². The fraction of sp³-hybridized carbons (Fsp3) is 0.867. The number of carboxylic acids is 1. The Labute approximate surface area is 131 Å². The molecule has 7 heteroatoms. The molecular weight excluding hydrogens is 292 g/mol. The number of carbonyl (C=O) groups is 2. The van der Waals surface area contributed by atoms with E-state index < -0.39 is 18.0 Å². The van der Waals surface area contributed by atoms with Gasteiger partial charge in [0.2, 0.25) is 6.29 Å². The average Bonchev–Trinajstić information content (AvgIpc) is 2.39. The zero-order valence-electron chi connectivity index (χ0n) is 13.0. The molecule has 0 saturated carbocycles. The lowest BCUT2D eigenvalue weighted by molar-refractivity contribution is -0.276. The summed E-state index contributed by atoms with van der Waals surface area (Å²) >= 11 is 0. The first-order valence-corrected chi connectivity index (χ1v) is 7.07. The maximum Gasteiger partial charge on any atom is 0.364 e. The summed E-state index contributed by atoms with van der Waals surface area (Å²) < 4.78 is 20.3. The first-order valence-electron chi connectivity index (χ1n) is 7.07. The molecule has 22 heavy (non-hydrogen) atoms. The highest BCUT2D eigenvalue weighted by Gasteiger charge is 2.40. The maximum absolute atomic E-state index is 10.7. The van der Waals surface area contributed by atoms with E-state index in [1.165, 1.54) is 13.8 Å². The number of ketones is 1. The van der Waals surface area contributed by atoms with Crippen LogP contribution in [0, 0.1) is 0 Å². The van der Waals surface area contributed by atoms with Gasteiger partial charge >= 0.3 is 5.97 Å². The molecule has 1 N–H and O–H groups in total. The van der Waals surface area contributed by atoms with Crippen LogP contribution in [0.5, 0.6) is 0 Å². The maximum atomic E-state index is 10.7. The fourth-order valence-electron chi connectivity index (χ4n) is 1.88. The number of carboxylic acid groups (broad SMARTS) is 1. The average molecular weight is 320 g/mol. The SMILES string of the molecule is C.CC(=O)C1OCCC(C)O1.CC1CCOC(C)(C(=O)O)O1. The van der Waals surface area contributed by atoms with E-state index in [1.54, 1.807) is 0 Å². The van der Waals surface area contributed by atoms with Gasteiger partial charge in [0, 0.05) is 6.92 Å². The Morgan fingerprint density at radius 3 is 2.09 bits per heavy atom. The topological polar surface area (TPSA) is 91.3 Å². The molecule has 130 valence electrons. The number of Topliss-reactive ketones (excluding diaryl/α,β-unsaturated/α-hetero) is 1. The quantitative estimate of drug-likeness (QED) is 0.831. The van der Waals surface area contributed by atoms with Crippen molar-refractivity contribution in [3.63, 3.8) is 0 Å². The van der Waals surface area contributed by atoms with Gasteiger partial charge in [0.25, 0.3) is 5.79 Å². The Kier molecular flexibility index (Phi) is 8.77. The molecule has 0 spiro atoms. The highest BCUT2D eigenvalue weighted by Crippen LogP contribution is 2.22. The molecule has 2 heterocycles. The van der Waals surface area contributed by atoms with Crippen LogP contribution in [0.1, 0.15) is 48.0 Å². The smallest absolute Gasteiger partial charge is 0.364 e. The van der Waals surface area contributed by atoms with Crippen LogP contribution in [-0.4, -0.2) is 54.4 Å². The molecule has 0 bridgehead atoms. The molecule has 2 fully saturated rings. The zero-order valence-corrected chi connectivity index (χ0v) is 13.0. The van der Waals surface area contributed by atoms with Crippen LogP contribution < -0.4 is 0 Å². The molecule has 0 aromatic heterocycles. The minimum Gasteiger partial charge on any atom is -0.477 e. The van der Waals surface area contributed by atoms with Crippen LogP contribution in [0.3, 0.4) is 0 Å². The van der Waals surface area contributed by atoms with Crippen LogP contribution in [0.15, 0.2) is 0 Å². The Morgan fingerprint density at radius 1 is 1.14 bits per heavy atom. The largest absolute Gasteiger partial charge is 0.477 e. The summed E-state index contributed by atoms with van der Waals surface area (Å²) in [4.78, 5) is 21.3.